The summed E-state index contributed by atoms with van der Waals surface area (Å²) < 4.78 is 10.8. The summed E-state index contributed by atoms with van der Waals surface area (Å²) >= 11 is 1.56. The standard InChI is InChI=1S/C19H19N3O3S/c1-12(23)20-11-15-7-8-16(26-15)17-21-18(25-22-17)19(9-10-19)13-3-5-14(24-2)6-4-13/h3-8H,9-11H2,1-2H3,(H,20,23). The number of thiophene rings is 1. The molecule has 0 unspecified atom stereocenters. The molecule has 1 fully saturated rings. The van der Waals surface area contributed by atoms with Gasteiger partial charge in [-0.15, -0.1) is 11.3 Å². The van der Waals surface area contributed by atoms with Crippen LogP contribution in [0, 0.1) is 0 Å². The van der Waals surface area contributed by atoms with Crippen LogP contribution < -0.4 is 10.1 Å². The van der Waals surface area contributed by atoms with Crippen molar-refractivity contribution in [2.75, 3.05) is 7.11 Å². The number of benzene rings is 1. The Labute approximate surface area is 155 Å². The number of hydrogen-bond acceptors (Lipinski definition) is 6. The minimum Gasteiger partial charge on any atom is -0.497 e. The fourth-order valence-electron chi connectivity index (χ4n) is 2.98. The molecular formula is C19H19N3O3S. The van der Waals surface area contributed by atoms with E-state index in [0.29, 0.717) is 18.3 Å². The SMILES string of the molecule is COc1ccc(C2(c3nc(-c4ccc(CNC(C)=O)s4)no3)CC2)cc1. The summed E-state index contributed by atoms with van der Waals surface area (Å²) in [7, 11) is 1.66. The average molecular weight is 369 g/mol. The van der Waals surface area contributed by atoms with Gasteiger partial charge in [0, 0.05) is 11.8 Å². The first-order valence-electron chi connectivity index (χ1n) is 8.43. The van der Waals surface area contributed by atoms with E-state index in [1.807, 2.05) is 24.3 Å². The zero-order chi connectivity index (χ0) is 18.1. The van der Waals surface area contributed by atoms with Crippen molar-refractivity contribution in [3.63, 3.8) is 0 Å². The first-order valence-corrected chi connectivity index (χ1v) is 9.25. The average Bonchev–Trinajstić information content (AvgIpc) is 3.08. The van der Waals surface area contributed by atoms with Gasteiger partial charge in [0.25, 0.3) is 0 Å². The Bertz CT molecular complexity index is 926. The lowest BCUT2D eigenvalue weighted by molar-refractivity contribution is -0.119. The molecule has 0 atom stereocenters. The Kier molecular flexibility index (Phi) is 4.24. The van der Waals surface area contributed by atoms with Crippen LogP contribution in [0.15, 0.2) is 40.9 Å². The Balaban J connectivity index is 1.55. The van der Waals surface area contributed by atoms with E-state index in [4.69, 9.17) is 9.26 Å². The number of rotatable bonds is 6. The molecule has 3 aromatic rings. The lowest BCUT2D eigenvalue weighted by Crippen LogP contribution is -2.17. The van der Waals surface area contributed by atoms with Crippen LogP contribution in [0.4, 0.5) is 0 Å². The van der Waals surface area contributed by atoms with Crippen LogP contribution in [0.2, 0.25) is 0 Å². The molecule has 7 heteroatoms. The predicted molar refractivity (Wildman–Crippen MR) is 98.1 cm³/mol. The molecule has 1 saturated carbocycles. The largest absolute Gasteiger partial charge is 0.497 e. The predicted octanol–water partition coefficient (Wildman–Crippen LogP) is 3.52. The number of amides is 1. The number of carbonyl (C=O) groups is 1. The van der Waals surface area contributed by atoms with Crippen molar-refractivity contribution in [1.29, 1.82) is 0 Å². The van der Waals surface area contributed by atoms with Gasteiger partial charge < -0.3 is 14.6 Å². The fourth-order valence-corrected chi connectivity index (χ4v) is 3.86. The van der Waals surface area contributed by atoms with E-state index in [0.717, 1.165) is 28.3 Å². The first-order chi connectivity index (χ1) is 12.6. The molecular weight excluding hydrogens is 350 g/mol. The number of ether oxygens (including phenoxy) is 1. The lowest BCUT2D eigenvalue weighted by Gasteiger charge is -2.11. The monoisotopic (exact) mass is 369 g/mol. The van der Waals surface area contributed by atoms with Crippen molar-refractivity contribution in [3.05, 3.63) is 52.7 Å². The molecule has 6 nitrogen and oxygen atoms in total. The van der Waals surface area contributed by atoms with Crippen LogP contribution in [0.25, 0.3) is 10.7 Å². The van der Waals surface area contributed by atoms with Crippen LogP contribution in [-0.4, -0.2) is 23.2 Å². The van der Waals surface area contributed by atoms with E-state index in [1.54, 1.807) is 18.4 Å². The van der Waals surface area contributed by atoms with Crippen molar-refractivity contribution in [1.82, 2.24) is 15.5 Å². The van der Waals surface area contributed by atoms with Crippen LogP contribution in [-0.2, 0) is 16.8 Å². The summed E-state index contributed by atoms with van der Waals surface area (Å²) in [5.74, 6) is 2.05. The van der Waals surface area contributed by atoms with Crippen LogP contribution in [0.5, 0.6) is 5.75 Å². The first kappa shape index (κ1) is 16.8. The maximum absolute atomic E-state index is 11.0. The molecule has 134 valence electrons. The molecule has 2 aromatic heterocycles. The third kappa shape index (κ3) is 3.10. The molecule has 26 heavy (non-hydrogen) atoms. The Morgan fingerprint density at radius 2 is 2.04 bits per heavy atom. The second-order valence-corrected chi connectivity index (χ2v) is 7.58. The van der Waals surface area contributed by atoms with Gasteiger partial charge in [-0.3, -0.25) is 4.79 Å². The summed E-state index contributed by atoms with van der Waals surface area (Å²) in [5, 5.41) is 6.97. The smallest absolute Gasteiger partial charge is 0.237 e. The van der Waals surface area contributed by atoms with Crippen molar-refractivity contribution >= 4 is 17.2 Å². The number of methoxy groups -OCH3 is 1. The molecule has 1 aliphatic rings. The van der Waals surface area contributed by atoms with Crippen LogP contribution >= 0.6 is 11.3 Å². The molecule has 0 aliphatic heterocycles. The zero-order valence-electron chi connectivity index (χ0n) is 14.6. The third-order valence-electron chi connectivity index (χ3n) is 4.62. The number of nitrogens with one attached hydrogen (secondary N) is 1. The van der Waals surface area contributed by atoms with Gasteiger partial charge in [-0.1, -0.05) is 17.3 Å². The highest BCUT2D eigenvalue weighted by Gasteiger charge is 2.51. The number of nitrogens with zero attached hydrogens (tertiary/aromatic N) is 2. The van der Waals surface area contributed by atoms with Crippen molar-refractivity contribution in [3.8, 4) is 16.5 Å². The highest BCUT2D eigenvalue weighted by atomic mass is 32.1. The molecule has 1 N–H and O–H groups in total. The van der Waals surface area contributed by atoms with E-state index in [2.05, 4.69) is 27.6 Å². The number of hydrogen-bond donors (Lipinski definition) is 1. The molecule has 0 bridgehead atoms. The summed E-state index contributed by atoms with van der Waals surface area (Å²) in [6.07, 6.45) is 2.00. The van der Waals surface area contributed by atoms with Gasteiger partial charge in [-0.25, -0.2) is 0 Å². The minimum atomic E-state index is -0.173. The van der Waals surface area contributed by atoms with Crippen LogP contribution in [0.3, 0.4) is 0 Å². The van der Waals surface area contributed by atoms with E-state index in [9.17, 15) is 4.79 Å². The summed E-state index contributed by atoms with van der Waals surface area (Å²) in [6, 6.07) is 12.0. The normalized spacial score (nSPS) is 14.8. The Morgan fingerprint density at radius 1 is 1.27 bits per heavy atom. The molecule has 0 saturated heterocycles. The van der Waals surface area contributed by atoms with Crippen molar-refractivity contribution in [2.24, 2.45) is 0 Å². The highest BCUT2D eigenvalue weighted by molar-refractivity contribution is 7.15. The fraction of sp³-hybridized carbons (Fsp3) is 0.316. The van der Waals surface area contributed by atoms with Gasteiger partial charge in [0.2, 0.25) is 17.6 Å². The zero-order valence-corrected chi connectivity index (χ0v) is 15.4. The quantitative estimate of drug-likeness (QED) is 0.719. The van der Waals surface area contributed by atoms with Crippen molar-refractivity contribution < 1.29 is 14.1 Å². The Morgan fingerprint density at radius 3 is 2.69 bits per heavy atom. The molecule has 0 spiro atoms. The molecule has 1 amide bonds. The second kappa shape index (κ2) is 6.57. The number of carbonyl (C=O) groups excluding carboxylic acids is 1. The van der Waals surface area contributed by atoms with Gasteiger partial charge in [-0.2, -0.15) is 4.98 Å². The van der Waals surface area contributed by atoms with Gasteiger partial charge in [0.15, 0.2) is 0 Å². The van der Waals surface area contributed by atoms with E-state index < -0.39 is 0 Å². The van der Waals surface area contributed by atoms with E-state index in [-0.39, 0.29) is 11.3 Å². The summed E-state index contributed by atoms with van der Waals surface area (Å²) in [4.78, 5) is 17.7. The van der Waals surface area contributed by atoms with Gasteiger partial charge in [0.1, 0.15) is 5.75 Å². The summed E-state index contributed by atoms with van der Waals surface area (Å²) in [6.45, 7) is 2.02. The second-order valence-electron chi connectivity index (χ2n) is 6.41. The Hall–Kier alpha value is -2.67. The summed E-state index contributed by atoms with van der Waals surface area (Å²) in [5.41, 5.74) is 0.999. The number of aromatic nitrogens is 2. The highest BCUT2D eigenvalue weighted by Crippen LogP contribution is 2.53. The molecule has 4 rings (SSSR count). The van der Waals surface area contributed by atoms with Gasteiger partial charge in [-0.05, 0) is 42.7 Å². The van der Waals surface area contributed by atoms with Gasteiger partial charge in [0.05, 0.1) is 23.9 Å². The van der Waals surface area contributed by atoms with E-state index in [1.165, 1.54) is 12.5 Å². The van der Waals surface area contributed by atoms with Gasteiger partial charge >= 0.3 is 0 Å². The molecule has 1 aromatic carbocycles. The maximum Gasteiger partial charge on any atom is 0.237 e. The lowest BCUT2D eigenvalue weighted by atomic mass is 9.96. The van der Waals surface area contributed by atoms with Crippen molar-refractivity contribution in [2.45, 2.75) is 31.7 Å². The minimum absolute atomic E-state index is 0.0445. The van der Waals surface area contributed by atoms with Crippen LogP contribution in [0.1, 0.15) is 36.1 Å². The van der Waals surface area contributed by atoms with E-state index >= 15 is 0 Å². The molecule has 1 aliphatic carbocycles. The topological polar surface area (TPSA) is 77.2 Å². The molecule has 0 radical (unpaired) electrons. The molecule has 2 heterocycles. The maximum atomic E-state index is 11.0. The third-order valence-corrected chi connectivity index (χ3v) is 5.70.